The van der Waals surface area contributed by atoms with Crippen molar-refractivity contribution in [2.45, 2.75) is 132 Å². The lowest BCUT2D eigenvalue weighted by atomic mass is 9.49. The molecule has 18 aromatic rings. The summed E-state index contributed by atoms with van der Waals surface area (Å²) >= 11 is 6.92. The summed E-state index contributed by atoms with van der Waals surface area (Å²) in [5.74, 6) is 0. The molecule has 16 aromatic carbocycles. The van der Waals surface area contributed by atoms with E-state index >= 15 is 0 Å². The van der Waals surface area contributed by atoms with Crippen LogP contribution in [0.25, 0.3) is 164 Å². The Morgan fingerprint density at radius 2 is 0.483 bits per heavy atom. The highest BCUT2D eigenvalue weighted by atomic mass is 35.5. The Morgan fingerprint density at radius 3 is 0.845 bits per heavy atom. The molecule has 3 fully saturated rings. The third kappa shape index (κ3) is 13.3. The molecule has 2 aromatic heterocycles. The zero-order chi connectivity index (χ0) is 78.4. The molecule has 0 aliphatic carbocycles. The van der Waals surface area contributed by atoms with E-state index in [1.807, 2.05) is 55.4 Å². The lowest BCUT2D eigenvalue weighted by Crippen LogP contribution is -2.41. The third-order valence-corrected chi connectivity index (χ3v) is 25.6. The molecule has 0 radical (unpaired) electrons. The van der Waals surface area contributed by atoms with E-state index in [0.717, 1.165) is 61.2 Å². The van der Waals surface area contributed by atoms with Gasteiger partial charge >= 0.3 is 21.1 Å². The van der Waals surface area contributed by atoms with Gasteiger partial charge in [0, 0.05) is 37.9 Å². The molecule has 8 nitrogen and oxygen atoms in total. The number of rotatable bonds is 8. The second-order valence-electron chi connectivity index (χ2n) is 34.0. The Morgan fingerprint density at radius 1 is 0.216 bits per heavy atom. The summed E-state index contributed by atoms with van der Waals surface area (Å²) in [5, 5.41) is 20.8. The first kappa shape index (κ1) is 77.5. The fourth-order valence-corrected chi connectivity index (χ4v) is 17.4. The number of fused-ring (bicyclic) bond motifs is 18. The predicted octanol–water partition coefficient (Wildman–Crippen LogP) is 27.6. The van der Waals surface area contributed by atoms with Crippen molar-refractivity contribution in [2.24, 2.45) is 0 Å². The highest BCUT2D eigenvalue weighted by Crippen LogP contribution is 2.47. The van der Waals surface area contributed by atoms with Gasteiger partial charge in [-0.3, -0.25) is 0 Å². The van der Waals surface area contributed by atoms with Crippen molar-refractivity contribution >= 4 is 146 Å². The quantitative estimate of drug-likeness (QED) is 0.112. The van der Waals surface area contributed by atoms with Gasteiger partial charge in [-0.1, -0.05) is 275 Å². The van der Waals surface area contributed by atoms with Gasteiger partial charge < -0.3 is 37.1 Å². The molecule has 0 unspecified atom stereocenters. The van der Waals surface area contributed by atoms with E-state index in [1.165, 1.54) is 108 Å². The Labute approximate surface area is 686 Å². The summed E-state index contributed by atoms with van der Waals surface area (Å²) in [5.41, 5.74) is 14.7. The summed E-state index contributed by atoms with van der Waals surface area (Å²) in [4.78, 5) is 0. The molecule has 0 saturated carbocycles. The molecule has 0 amide bonds. The monoisotopic (exact) mass is 1540 g/mol. The molecule has 21 rings (SSSR count). The molecule has 5 heterocycles. The van der Waals surface area contributed by atoms with Crippen LogP contribution in [0.3, 0.4) is 0 Å². The molecular weight excluding hydrogens is 1440 g/mol. The van der Waals surface area contributed by atoms with Crippen molar-refractivity contribution in [1.82, 2.24) is 9.13 Å². The zero-order valence-corrected chi connectivity index (χ0v) is 67.2. The molecule has 0 spiro atoms. The predicted molar refractivity (Wildman–Crippen MR) is 495 cm³/mol. The maximum absolute atomic E-state index is 6.92. The SMILES string of the molecule is C.C.CC1(C)OB(B2OC(C)(C)C(C)(C)O2)OC1(C)C.CC1(C)OB(c2cc(-c3ccc4c5ccccc5c5ccccc5c4c3)cc(-n3c4ccccc4c4ccc(-c5ccccc5)cc43)c2)OC1(C)C.Clc1cc(-c2ccc3c4ccccc4c4ccccc4c3c2)cc(-n2c3ccccc3c3ccc(-c4ccccc4)cc32)c1. The van der Waals surface area contributed by atoms with Crippen LogP contribution in [0, 0.1) is 0 Å². The highest BCUT2D eigenvalue weighted by Gasteiger charge is 2.64. The summed E-state index contributed by atoms with van der Waals surface area (Å²) < 4.78 is 42.0. The normalized spacial score (nSPS) is 16.3. The van der Waals surface area contributed by atoms with Crippen molar-refractivity contribution in [2.75, 3.05) is 0 Å². The van der Waals surface area contributed by atoms with E-state index in [2.05, 4.69) is 352 Å². The van der Waals surface area contributed by atoms with Gasteiger partial charge in [0.1, 0.15) is 0 Å². The minimum Gasteiger partial charge on any atom is -0.405 e. The molecule has 3 aliphatic rings. The van der Waals surface area contributed by atoms with Gasteiger partial charge in [-0.2, -0.15) is 0 Å². The van der Waals surface area contributed by atoms with Crippen molar-refractivity contribution in [3.63, 3.8) is 0 Å². The van der Waals surface area contributed by atoms with Crippen LogP contribution in [-0.4, -0.2) is 63.9 Å². The van der Waals surface area contributed by atoms with E-state index in [9.17, 15) is 0 Å². The Kier molecular flexibility index (Phi) is 19.6. The lowest BCUT2D eigenvalue weighted by molar-refractivity contribution is 0.00578. The molecule has 3 saturated heterocycles. The van der Waals surface area contributed by atoms with Gasteiger partial charge in [-0.25, -0.2) is 0 Å². The van der Waals surface area contributed by atoms with Gasteiger partial charge in [0.25, 0.3) is 0 Å². The average Bonchev–Trinajstić information content (AvgIpc) is 1.02. The van der Waals surface area contributed by atoms with Gasteiger partial charge in [-0.15, -0.1) is 0 Å². The van der Waals surface area contributed by atoms with Crippen LogP contribution in [0.4, 0.5) is 0 Å². The average molecular weight is 1540 g/mol. The number of hydrogen-bond acceptors (Lipinski definition) is 6. The maximum atomic E-state index is 6.92. The fraction of sp³-hybridized carbons (Fsp3) is 0.192. The Bertz CT molecular complexity index is 6730. The zero-order valence-electron chi connectivity index (χ0n) is 66.5. The standard InChI is InChI=1S/C48H38BNO2.C42H26ClN.C12H24B2O4.2CH4/c1-47(2)48(3,4)52-49(51-47)35-26-34(32-22-24-41-39-18-9-8-16-37(39)38-17-10-11-19-40(38)44(41)28-32)27-36(30-35)50-45-21-13-12-20-42(45)43-25-23-33(29-46(43)50)31-14-6-5-7-15-31;43-31-22-30(28-18-20-37-35-14-5-4-12-33(35)34-13-6-7-15-36(34)40(37)24-28)23-32(26-31)44-41-17-9-8-16-38(41)39-21-19-29(25-42(39)44)27-10-2-1-3-11-27;1-9(2)10(3,4)16-13(15-9)14-17-11(5,6)12(7,8)18-14;;/h5-30H,1-4H3;1-26H;1-8H3;2*1H4. The van der Waals surface area contributed by atoms with Gasteiger partial charge in [0.05, 0.1) is 55.7 Å². The number of hydrogen-bond donors (Lipinski definition) is 0. The van der Waals surface area contributed by atoms with Gasteiger partial charge in [-0.05, 0) is 264 Å². The van der Waals surface area contributed by atoms with Gasteiger partial charge in [0.15, 0.2) is 0 Å². The second-order valence-corrected chi connectivity index (χ2v) is 34.4. The summed E-state index contributed by atoms with van der Waals surface area (Å²) in [7, 11) is -1.46. The minimum atomic E-state index is -0.512. The van der Waals surface area contributed by atoms with Crippen LogP contribution in [0.2, 0.25) is 5.02 Å². The molecule has 0 N–H and O–H groups in total. The number of para-hydroxylation sites is 2. The first-order valence-electron chi connectivity index (χ1n) is 39.7. The molecule has 0 atom stereocenters. The van der Waals surface area contributed by atoms with E-state index in [1.54, 1.807) is 0 Å². The van der Waals surface area contributed by atoms with E-state index in [0.29, 0.717) is 5.02 Å². The van der Waals surface area contributed by atoms with Crippen LogP contribution < -0.4 is 5.46 Å². The lowest BCUT2D eigenvalue weighted by Gasteiger charge is -2.32. The first-order chi connectivity index (χ1) is 54.9. The molecule has 12 heteroatoms. The number of nitrogens with zero attached hydrogens (tertiary/aromatic N) is 2. The summed E-state index contributed by atoms with van der Waals surface area (Å²) in [6.45, 7) is 24.7. The van der Waals surface area contributed by atoms with Crippen LogP contribution in [0.15, 0.2) is 315 Å². The molecule has 574 valence electrons. The van der Waals surface area contributed by atoms with E-state index < -0.39 is 32.3 Å². The van der Waals surface area contributed by atoms with Crippen LogP contribution >= 0.6 is 11.6 Å². The highest BCUT2D eigenvalue weighted by molar-refractivity contribution is 7.11. The fourth-order valence-electron chi connectivity index (χ4n) is 17.2. The summed E-state index contributed by atoms with van der Waals surface area (Å²) in [6.07, 6.45) is 0. The van der Waals surface area contributed by atoms with Crippen molar-refractivity contribution in [3.8, 4) is 55.9 Å². The molecule has 0 bridgehead atoms. The molecular formula is C104H96B3ClN2O6. The maximum Gasteiger partial charge on any atom is 0.494 e. The van der Waals surface area contributed by atoms with Crippen LogP contribution in [-0.2, 0) is 27.9 Å². The molecule has 3 aliphatic heterocycles. The topological polar surface area (TPSA) is 65.2 Å². The summed E-state index contributed by atoms with van der Waals surface area (Å²) in [6, 6.07) is 114. The van der Waals surface area contributed by atoms with Crippen molar-refractivity contribution in [3.05, 3.63) is 320 Å². The third-order valence-electron chi connectivity index (χ3n) is 25.3. The van der Waals surface area contributed by atoms with E-state index in [4.69, 9.17) is 39.5 Å². The Balaban J connectivity index is 0.000000137. The Hall–Kier alpha value is -11.1. The number of benzene rings is 16. The largest absolute Gasteiger partial charge is 0.494 e. The van der Waals surface area contributed by atoms with Crippen LogP contribution in [0.5, 0.6) is 0 Å². The van der Waals surface area contributed by atoms with Crippen molar-refractivity contribution in [1.29, 1.82) is 0 Å². The number of halogens is 1. The smallest absolute Gasteiger partial charge is 0.405 e. The first-order valence-corrected chi connectivity index (χ1v) is 40.1. The van der Waals surface area contributed by atoms with Crippen LogP contribution in [0.1, 0.15) is 97.9 Å². The van der Waals surface area contributed by atoms with Gasteiger partial charge in [0.2, 0.25) is 0 Å². The van der Waals surface area contributed by atoms with E-state index in [-0.39, 0.29) is 37.3 Å². The van der Waals surface area contributed by atoms with Crippen molar-refractivity contribution < 1.29 is 27.9 Å². The number of aromatic nitrogens is 2. The minimum absolute atomic E-state index is 0. The second kappa shape index (κ2) is 29.3. The molecule has 116 heavy (non-hydrogen) atoms.